The molecule has 6 nitrogen and oxygen atoms in total. The van der Waals surface area contributed by atoms with Gasteiger partial charge in [0.05, 0.1) is 18.5 Å². The zero-order valence-electron chi connectivity index (χ0n) is 21.8. The fraction of sp³-hybridized carbons (Fsp3) is 0.241. The molecule has 0 aromatic heterocycles. The summed E-state index contributed by atoms with van der Waals surface area (Å²) in [5.74, 6) is -1.04. The average molecular weight is 523 g/mol. The lowest BCUT2D eigenvalue weighted by Crippen LogP contribution is -2.48. The van der Waals surface area contributed by atoms with Crippen LogP contribution in [0.2, 0.25) is 0 Å². The molecule has 198 valence electrons. The Hall–Kier alpha value is -4.27. The van der Waals surface area contributed by atoms with Crippen LogP contribution in [0.25, 0.3) is 0 Å². The van der Waals surface area contributed by atoms with Crippen LogP contribution in [0.15, 0.2) is 89.2 Å². The van der Waals surface area contributed by atoms with E-state index in [1.807, 2.05) is 19.1 Å². The minimum Gasteiger partial charge on any atom is -0.465 e. The third-order valence-corrected chi connectivity index (χ3v) is 6.23. The van der Waals surface area contributed by atoms with Gasteiger partial charge in [-0.05, 0) is 45.0 Å². The summed E-state index contributed by atoms with van der Waals surface area (Å²) in [6.45, 7) is 6.11. The molecule has 0 saturated carbocycles. The SMILES string of the molecule is COC(=O)C1=C2N(C)c3ccccc3N2C(Nc2ccc(C)cc2)=NC1C(F)(F)F.Cc1ccc(C)cc1. The monoisotopic (exact) mass is 522 g/mol. The highest BCUT2D eigenvalue weighted by Crippen LogP contribution is 2.46. The van der Waals surface area contributed by atoms with Crippen LogP contribution in [0.4, 0.5) is 30.2 Å². The van der Waals surface area contributed by atoms with Gasteiger partial charge in [0.25, 0.3) is 0 Å². The Balaban J connectivity index is 0.000000360. The molecule has 2 heterocycles. The Morgan fingerprint density at radius 3 is 1.87 bits per heavy atom. The molecule has 0 spiro atoms. The first-order chi connectivity index (χ1) is 18.0. The summed E-state index contributed by atoms with van der Waals surface area (Å²) in [5, 5.41) is 2.98. The maximum absolute atomic E-state index is 14.0. The van der Waals surface area contributed by atoms with E-state index in [0.29, 0.717) is 17.1 Å². The number of carbonyl (C=O) groups excluding carboxylic acids is 1. The molecule has 0 radical (unpaired) electrons. The number of nitrogens with one attached hydrogen (secondary N) is 1. The van der Waals surface area contributed by atoms with E-state index in [9.17, 15) is 18.0 Å². The van der Waals surface area contributed by atoms with Crippen molar-refractivity contribution in [2.45, 2.75) is 33.0 Å². The smallest absolute Gasteiger partial charge is 0.415 e. The van der Waals surface area contributed by atoms with E-state index in [2.05, 4.69) is 48.4 Å². The van der Waals surface area contributed by atoms with Gasteiger partial charge in [0.15, 0.2) is 6.04 Å². The first-order valence-corrected chi connectivity index (χ1v) is 12.0. The predicted octanol–water partition coefficient (Wildman–Crippen LogP) is 6.35. The second-order valence-electron chi connectivity index (χ2n) is 9.15. The van der Waals surface area contributed by atoms with Gasteiger partial charge in [-0.1, -0.05) is 65.2 Å². The van der Waals surface area contributed by atoms with Gasteiger partial charge in [0.1, 0.15) is 11.4 Å². The van der Waals surface area contributed by atoms with Crippen LogP contribution in [0, 0.1) is 20.8 Å². The van der Waals surface area contributed by atoms with Crippen LogP contribution in [-0.2, 0) is 9.53 Å². The predicted molar refractivity (Wildman–Crippen MR) is 144 cm³/mol. The van der Waals surface area contributed by atoms with Crippen molar-refractivity contribution in [1.29, 1.82) is 0 Å². The van der Waals surface area contributed by atoms with E-state index in [-0.39, 0.29) is 11.8 Å². The summed E-state index contributed by atoms with van der Waals surface area (Å²) < 4.78 is 46.6. The largest absolute Gasteiger partial charge is 0.465 e. The number of guanidine groups is 1. The van der Waals surface area contributed by atoms with Gasteiger partial charge < -0.3 is 15.0 Å². The topological polar surface area (TPSA) is 57.2 Å². The zero-order valence-corrected chi connectivity index (χ0v) is 21.8. The van der Waals surface area contributed by atoms with Gasteiger partial charge in [-0.2, -0.15) is 13.2 Å². The summed E-state index contributed by atoms with van der Waals surface area (Å²) in [6.07, 6.45) is -4.78. The van der Waals surface area contributed by atoms with E-state index < -0.39 is 23.8 Å². The highest BCUT2D eigenvalue weighted by molar-refractivity contribution is 6.15. The molecule has 1 unspecified atom stereocenters. The number of hydrogen-bond donors (Lipinski definition) is 1. The number of alkyl halides is 3. The van der Waals surface area contributed by atoms with Crippen LogP contribution in [0.5, 0.6) is 0 Å². The second-order valence-corrected chi connectivity index (χ2v) is 9.15. The molecule has 0 fully saturated rings. The van der Waals surface area contributed by atoms with Gasteiger partial charge in [0, 0.05) is 12.7 Å². The molecule has 0 bridgehead atoms. The number of benzene rings is 3. The molecule has 2 aliphatic heterocycles. The maximum Gasteiger partial charge on any atom is 0.415 e. The van der Waals surface area contributed by atoms with Crippen molar-refractivity contribution < 1.29 is 22.7 Å². The molecule has 0 aliphatic carbocycles. The molecule has 5 rings (SSSR count). The second kappa shape index (κ2) is 10.6. The number of anilines is 3. The van der Waals surface area contributed by atoms with E-state index in [0.717, 1.165) is 12.7 Å². The molecule has 2 aliphatic rings. The fourth-order valence-corrected chi connectivity index (χ4v) is 4.24. The van der Waals surface area contributed by atoms with E-state index >= 15 is 0 Å². The molecule has 3 aromatic carbocycles. The number of aliphatic imine (C=N–C) groups is 1. The standard InChI is InChI=1S/C21H19F3N4O2.C8H10/c1-12-8-10-13(11-9-12)25-20-26-17(21(22,23)24)16(19(29)30-3)18-27(2)14-6-4-5-7-15(14)28(18)20;1-7-3-5-8(2)6-4-7/h4-11,17H,1-3H3,(H,25,26);3-6H,1-2H3. The van der Waals surface area contributed by atoms with Crippen LogP contribution in [-0.4, -0.2) is 38.3 Å². The Bertz CT molecular complexity index is 1360. The van der Waals surface area contributed by atoms with Crippen molar-refractivity contribution in [1.82, 2.24) is 0 Å². The lowest BCUT2D eigenvalue weighted by Gasteiger charge is -2.34. The Morgan fingerprint density at radius 2 is 1.37 bits per heavy atom. The van der Waals surface area contributed by atoms with Crippen LogP contribution in [0.3, 0.4) is 0 Å². The number of methoxy groups -OCH3 is 1. The summed E-state index contributed by atoms with van der Waals surface area (Å²) in [5.41, 5.74) is 4.95. The van der Waals surface area contributed by atoms with Crippen molar-refractivity contribution in [3.8, 4) is 0 Å². The number of hydrogen-bond acceptors (Lipinski definition) is 6. The average Bonchev–Trinajstić information content (AvgIpc) is 3.19. The minimum atomic E-state index is -4.78. The Labute approximate surface area is 220 Å². The number of fused-ring (bicyclic) bond motifs is 3. The van der Waals surface area contributed by atoms with E-state index in [4.69, 9.17) is 4.74 Å². The molecule has 0 saturated heterocycles. The van der Waals surface area contributed by atoms with Crippen LogP contribution in [0.1, 0.15) is 16.7 Å². The quantitative estimate of drug-likeness (QED) is 0.398. The van der Waals surface area contributed by atoms with Crippen LogP contribution >= 0.6 is 0 Å². The summed E-state index contributed by atoms with van der Waals surface area (Å²) in [6, 6.07) is 20.4. The summed E-state index contributed by atoms with van der Waals surface area (Å²) >= 11 is 0. The molecule has 1 atom stereocenters. The van der Waals surface area contributed by atoms with Gasteiger partial charge >= 0.3 is 12.1 Å². The molecule has 1 N–H and O–H groups in total. The Kier molecular flexibility index (Phi) is 7.48. The highest BCUT2D eigenvalue weighted by atomic mass is 19.4. The summed E-state index contributed by atoms with van der Waals surface area (Å²) in [4.78, 5) is 19.4. The first-order valence-electron chi connectivity index (χ1n) is 12.0. The molecule has 3 aromatic rings. The van der Waals surface area contributed by atoms with Gasteiger partial charge in [-0.25, -0.2) is 9.79 Å². The highest BCUT2D eigenvalue weighted by Gasteiger charge is 2.52. The third-order valence-electron chi connectivity index (χ3n) is 6.23. The maximum atomic E-state index is 14.0. The van der Waals surface area contributed by atoms with Gasteiger partial charge in [0.2, 0.25) is 5.96 Å². The number of halogens is 3. The van der Waals surface area contributed by atoms with Crippen molar-refractivity contribution in [3.63, 3.8) is 0 Å². The minimum absolute atomic E-state index is 0.0272. The number of para-hydroxylation sites is 2. The number of esters is 1. The number of aryl methyl sites for hydroxylation is 3. The molecular formula is C29H29F3N4O2. The van der Waals surface area contributed by atoms with Crippen molar-refractivity contribution >= 4 is 29.0 Å². The zero-order chi connectivity index (χ0) is 27.6. The molecule has 38 heavy (non-hydrogen) atoms. The lowest BCUT2D eigenvalue weighted by molar-refractivity contribution is -0.151. The van der Waals surface area contributed by atoms with E-state index in [1.54, 1.807) is 48.3 Å². The Morgan fingerprint density at radius 1 is 0.868 bits per heavy atom. The van der Waals surface area contributed by atoms with Crippen molar-refractivity contribution in [2.24, 2.45) is 4.99 Å². The first kappa shape index (κ1) is 26.8. The van der Waals surface area contributed by atoms with Gasteiger partial charge in [-0.15, -0.1) is 0 Å². The normalized spacial score (nSPS) is 16.2. The summed E-state index contributed by atoms with van der Waals surface area (Å²) in [7, 11) is 2.67. The lowest BCUT2D eigenvalue weighted by atomic mass is 10.1. The third kappa shape index (κ3) is 5.37. The molecular weight excluding hydrogens is 493 g/mol. The fourth-order valence-electron chi connectivity index (χ4n) is 4.24. The van der Waals surface area contributed by atoms with Crippen LogP contribution < -0.4 is 15.1 Å². The number of carbonyl (C=O) groups is 1. The van der Waals surface area contributed by atoms with Gasteiger partial charge in [-0.3, -0.25) is 4.90 Å². The van der Waals surface area contributed by atoms with E-state index in [1.165, 1.54) is 16.0 Å². The molecule has 9 heteroatoms. The number of nitrogens with zero attached hydrogens (tertiary/aromatic N) is 3. The van der Waals surface area contributed by atoms with Crippen molar-refractivity contribution in [3.05, 3.63) is 101 Å². The van der Waals surface area contributed by atoms with Crippen molar-refractivity contribution in [2.75, 3.05) is 29.3 Å². The number of rotatable bonds is 2. The molecule has 0 amide bonds. The number of ether oxygens (including phenoxy) is 1.